The Labute approximate surface area is 93.4 Å². The van der Waals surface area contributed by atoms with Gasteiger partial charge in [0.25, 0.3) is 0 Å². The van der Waals surface area contributed by atoms with Crippen LogP contribution in [-0.4, -0.2) is 17.3 Å². The molecule has 1 aliphatic rings. The summed E-state index contributed by atoms with van der Waals surface area (Å²) >= 11 is 0. The van der Waals surface area contributed by atoms with E-state index in [9.17, 15) is 8.78 Å². The van der Waals surface area contributed by atoms with Crippen LogP contribution in [0.15, 0.2) is 18.2 Å². The summed E-state index contributed by atoms with van der Waals surface area (Å²) in [5.41, 5.74) is 0.326. The second-order valence-corrected chi connectivity index (χ2v) is 4.06. The van der Waals surface area contributed by atoms with E-state index in [1.54, 1.807) is 4.90 Å². The summed E-state index contributed by atoms with van der Waals surface area (Å²) < 4.78 is 26.3. The standard InChI is InChI=1S/C12H14F2N2/c13-10-4-5-11(14)9(7-10)8-16-6-2-1-3-12(16)15/h4-5,7,15H,1-3,6,8H2. The van der Waals surface area contributed by atoms with Gasteiger partial charge in [-0.2, -0.15) is 0 Å². The molecule has 2 rings (SSSR count). The number of hydrogen-bond acceptors (Lipinski definition) is 1. The number of piperidine rings is 1. The predicted molar refractivity (Wildman–Crippen MR) is 58.3 cm³/mol. The van der Waals surface area contributed by atoms with Crippen LogP contribution in [0.3, 0.4) is 0 Å². The van der Waals surface area contributed by atoms with Crippen LogP contribution in [0.1, 0.15) is 24.8 Å². The molecule has 1 saturated heterocycles. The van der Waals surface area contributed by atoms with Crippen LogP contribution in [0.25, 0.3) is 0 Å². The summed E-state index contributed by atoms with van der Waals surface area (Å²) in [4.78, 5) is 1.81. The van der Waals surface area contributed by atoms with Crippen LogP contribution in [0.5, 0.6) is 0 Å². The summed E-state index contributed by atoms with van der Waals surface area (Å²) in [6, 6.07) is 3.45. The summed E-state index contributed by atoms with van der Waals surface area (Å²) in [5, 5.41) is 7.73. The quantitative estimate of drug-likeness (QED) is 0.821. The molecule has 0 amide bonds. The molecule has 0 aliphatic carbocycles. The first kappa shape index (κ1) is 11.0. The molecule has 86 valence electrons. The minimum absolute atomic E-state index is 0.294. The highest BCUT2D eigenvalue weighted by molar-refractivity contribution is 5.79. The zero-order chi connectivity index (χ0) is 11.5. The lowest BCUT2D eigenvalue weighted by molar-refractivity contribution is 0.354. The van der Waals surface area contributed by atoms with Crippen molar-refractivity contribution < 1.29 is 8.78 Å². The van der Waals surface area contributed by atoms with Crippen molar-refractivity contribution in [3.8, 4) is 0 Å². The Morgan fingerprint density at radius 3 is 2.81 bits per heavy atom. The summed E-state index contributed by atoms with van der Waals surface area (Å²) in [5.74, 6) is -0.311. The summed E-state index contributed by atoms with van der Waals surface area (Å²) in [6.45, 7) is 1.05. The molecule has 1 fully saturated rings. The van der Waals surface area contributed by atoms with Crippen molar-refractivity contribution in [1.82, 2.24) is 4.90 Å². The first-order valence-corrected chi connectivity index (χ1v) is 5.43. The van der Waals surface area contributed by atoms with Gasteiger partial charge >= 0.3 is 0 Å². The highest BCUT2D eigenvalue weighted by atomic mass is 19.1. The van der Waals surface area contributed by atoms with E-state index in [4.69, 9.17) is 5.41 Å². The SMILES string of the molecule is N=C1CCCCN1Cc1cc(F)ccc1F. The third kappa shape index (κ3) is 2.38. The van der Waals surface area contributed by atoms with E-state index in [2.05, 4.69) is 0 Å². The molecule has 0 bridgehead atoms. The monoisotopic (exact) mass is 224 g/mol. The summed E-state index contributed by atoms with van der Waals surface area (Å²) in [7, 11) is 0. The first-order chi connectivity index (χ1) is 7.66. The number of nitrogens with one attached hydrogen (secondary N) is 1. The molecule has 1 heterocycles. The number of amidine groups is 1. The van der Waals surface area contributed by atoms with Gasteiger partial charge in [-0.3, -0.25) is 5.41 Å². The topological polar surface area (TPSA) is 27.1 Å². The largest absolute Gasteiger partial charge is 0.356 e. The zero-order valence-electron chi connectivity index (χ0n) is 8.97. The predicted octanol–water partition coefficient (Wildman–Crippen LogP) is 2.93. The summed E-state index contributed by atoms with van der Waals surface area (Å²) in [6.07, 6.45) is 2.76. The third-order valence-corrected chi connectivity index (χ3v) is 2.84. The highest BCUT2D eigenvalue weighted by Gasteiger charge is 2.16. The Hall–Kier alpha value is -1.45. The molecule has 0 unspecified atom stereocenters. The maximum Gasteiger partial charge on any atom is 0.128 e. The van der Waals surface area contributed by atoms with E-state index in [-0.39, 0.29) is 0 Å². The number of rotatable bonds is 2. The van der Waals surface area contributed by atoms with Gasteiger partial charge in [-0.15, -0.1) is 0 Å². The first-order valence-electron chi connectivity index (χ1n) is 5.43. The maximum absolute atomic E-state index is 13.4. The second-order valence-electron chi connectivity index (χ2n) is 4.06. The fourth-order valence-electron chi connectivity index (χ4n) is 1.93. The van der Waals surface area contributed by atoms with Crippen molar-refractivity contribution in [3.05, 3.63) is 35.4 Å². The van der Waals surface area contributed by atoms with Gasteiger partial charge < -0.3 is 4.90 Å². The fraction of sp³-hybridized carbons (Fsp3) is 0.417. The van der Waals surface area contributed by atoms with Crippen molar-refractivity contribution in [2.75, 3.05) is 6.54 Å². The molecule has 16 heavy (non-hydrogen) atoms. The van der Waals surface area contributed by atoms with E-state index in [1.807, 2.05) is 0 Å². The number of hydrogen-bond donors (Lipinski definition) is 1. The molecule has 0 atom stereocenters. The lowest BCUT2D eigenvalue weighted by Crippen LogP contribution is -2.34. The molecule has 0 radical (unpaired) electrons. The molecule has 1 aromatic carbocycles. The number of nitrogens with zero attached hydrogens (tertiary/aromatic N) is 1. The van der Waals surface area contributed by atoms with Crippen molar-refractivity contribution in [2.45, 2.75) is 25.8 Å². The van der Waals surface area contributed by atoms with Crippen LogP contribution >= 0.6 is 0 Å². The Balaban J connectivity index is 2.13. The van der Waals surface area contributed by atoms with E-state index >= 15 is 0 Å². The Morgan fingerprint density at radius 2 is 2.06 bits per heavy atom. The molecular formula is C12H14F2N2. The zero-order valence-corrected chi connectivity index (χ0v) is 8.97. The van der Waals surface area contributed by atoms with Crippen LogP contribution in [0.2, 0.25) is 0 Å². The van der Waals surface area contributed by atoms with Crippen LogP contribution in [0.4, 0.5) is 8.78 Å². The van der Waals surface area contributed by atoms with Gasteiger partial charge in [0.05, 0.1) is 5.84 Å². The molecule has 0 aromatic heterocycles. The average molecular weight is 224 g/mol. The van der Waals surface area contributed by atoms with Gasteiger partial charge in [0.15, 0.2) is 0 Å². The molecule has 1 aromatic rings. The average Bonchev–Trinajstić information content (AvgIpc) is 2.27. The maximum atomic E-state index is 13.4. The molecule has 1 aliphatic heterocycles. The fourth-order valence-corrected chi connectivity index (χ4v) is 1.93. The molecule has 0 saturated carbocycles. The van der Waals surface area contributed by atoms with Gasteiger partial charge in [-0.25, -0.2) is 8.78 Å². The van der Waals surface area contributed by atoms with Gasteiger partial charge in [-0.05, 0) is 31.0 Å². The molecule has 1 N–H and O–H groups in total. The molecule has 2 nitrogen and oxygen atoms in total. The van der Waals surface area contributed by atoms with Crippen LogP contribution < -0.4 is 0 Å². The van der Waals surface area contributed by atoms with E-state index in [1.165, 1.54) is 6.07 Å². The van der Waals surface area contributed by atoms with E-state index in [0.717, 1.165) is 37.9 Å². The van der Waals surface area contributed by atoms with Crippen molar-refractivity contribution in [2.24, 2.45) is 0 Å². The van der Waals surface area contributed by atoms with Gasteiger partial charge in [0.1, 0.15) is 11.6 Å². The number of likely N-dealkylation sites (tertiary alicyclic amines) is 1. The highest BCUT2D eigenvalue weighted by Crippen LogP contribution is 2.17. The van der Waals surface area contributed by atoms with E-state index < -0.39 is 11.6 Å². The minimum Gasteiger partial charge on any atom is -0.356 e. The van der Waals surface area contributed by atoms with Crippen LogP contribution in [0, 0.1) is 17.0 Å². The van der Waals surface area contributed by atoms with Crippen molar-refractivity contribution in [1.29, 1.82) is 5.41 Å². The van der Waals surface area contributed by atoms with Gasteiger partial charge in [-0.1, -0.05) is 0 Å². The smallest absolute Gasteiger partial charge is 0.128 e. The molecular weight excluding hydrogens is 210 g/mol. The van der Waals surface area contributed by atoms with Gasteiger partial charge in [0.2, 0.25) is 0 Å². The van der Waals surface area contributed by atoms with Crippen molar-refractivity contribution >= 4 is 5.84 Å². The second kappa shape index (κ2) is 4.60. The van der Waals surface area contributed by atoms with Crippen molar-refractivity contribution in [3.63, 3.8) is 0 Å². The molecule has 0 spiro atoms. The van der Waals surface area contributed by atoms with E-state index in [0.29, 0.717) is 17.9 Å². The lowest BCUT2D eigenvalue weighted by Gasteiger charge is -2.29. The Kier molecular flexibility index (Phi) is 3.17. The minimum atomic E-state index is -0.431. The molecule has 4 heteroatoms. The lowest BCUT2D eigenvalue weighted by atomic mass is 10.1. The third-order valence-electron chi connectivity index (χ3n) is 2.84. The van der Waals surface area contributed by atoms with Gasteiger partial charge in [0, 0.05) is 25.1 Å². The number of halogens is 2. The Bertz CT molecular complexity index is 404. The normalized spacial score (nSPS) is 16.6. The number of benzene rings is 1. The Morgan fingerprint density at radius 1 is 1.25 bits per heavy atom. The van der Waals surface area contributed by atoms with Crippen LogP contribution in [-0.2, 0) is 6.54 Å².